The minimum absolute atomic E-state index is 0.171. The van der Waals surface area contributed by atoms with E-state index in [2.05, 4.69) is 15.7 Å². The number of nitrogens with one attached hydrogen (secondary N) is 2. The van der Waals surface area contributed by atoms with Gasteiger partial charge < -0.3 is 15.1 Å². The van der Waals surface area contributed by atoms with Gasteiger partial charge >= 0.3 is 0 Å². The van der Waals surface area contributed by atoms with Crippen molar-refractivity contribution in [3.05, 3.63) is 36.0 Å². The van der Waals surface area contributed by atoms with Gasteiger partial charge in [0, 0.05) is 19.8 Å². The molecule has 7 heteroatoms. The van der Waals surface area contributed by atoms with Crippen molar-refractivity contribution in [1.82, 2.24) is 15.1 Å². The maximum Gasteiger partial charge on any atom is 0.291 e. The fraction of sp³-hybridized carbons (Fsp3) is 0.250. The zero-order valence-corrected chi connectivity index (χ0v) is 10.6. The topological polar surface area (TPSA) is 89.2 Å². The van der Waals surface area contributed by atoms with Gasteiger partial charge in [-0.2, -0.15) is 5.10 Å². The van der Waals surface area contributed by atoms with Crippen molar-refractivity contribution in [3.8, 4) is 0 Å². The van der Waals surface area contributed by atoms with Gasteiger partial charge in [0.15, 0.2) is 11.5 Å². The van der Waals surface area contributed by atoms with Gasteiger partial charge in [0.05, 0.1) is 12.0 Å². The number of carbonyl (C=O) groups excluding carboxylic acids is 2. The predicted molar refractivity (Wildman–Crippen MR) is 68.0 cm³/mol. The zero-order chi connectivity index (χ0) is 13.8. The molecule has 0 bridgehead atoms. The summed E-state index contributed by atoms with van der Waals surface area (Å²) in [7, 11) is 1.51. The molecular weight excluding hydrogens is 248 g/mol. The molecule has 2 rings (SSSR count). The van der Waals surface area contributed by atoms with Crippen LogP contribution in [0, 0.1) is 0 Å². The van der Waals surface area contributed by atoms with Gasteiger partial charge in [-0.25, -0.2) is 0 Å². The molecule has 0 aliphatic carbocycles. The number of nitrogens with zero attached hydrogens (tertiary/aromatic N) is 2. The minimum Gasteiger partial charge on any atom is -0.459 e. The first kappa shape index (κ1) is 12.9. The molecule has 0 fully saturated rings. The Morgan fingerprint density at radius 2 is 2.21 bits per heavy atom. The molecule has 2 amide bonds. The van der Waals surface area contributed by atoms with Crippen LogP contribution in [0.3, 0.4) is 0 Å². The van der Waals surface area contributed by atoms with Crippen molar-refractivity contribution < 1.29 is 14.0 Å². The molecule has 2 N–H and O–H groups in total. The molecule has 0 radical (unpaired) electrons. The van der Waals surface area contributed by atoms with Crippen LogP contribution in [0.4, 0.5) is 5.69 Å². The van der Waals surface area contributed by atoms with Crippen LogP contribution in [0.15, 0.2) is 29.0 Å². The SMILES string of the molecule is CCn1cc(NC(=O)c2ccco2)c(C(=O)NC)n1. The van der Waals surface area contributed by atoms with Crippen LogP contribution in [0.1, 0.15) is 28.0 Å². The Morgan fingerprint density at radius 3 is 2.79 bits per heavy atom. The predicted octanol–water partition coefficient (Wildman–Crippen LogP) is 1.11. The third-order valence-electron chi connectivity index (χ3n) is 2.52. The molecule has 2 aromatic heterocycles. The first-order chi connectivity index (χ1) is 9.15. The van der Waals surface area contributed by atoms with Gasteiger partial charge in [0.1, 0.15) is 0 Å². The standard InChI is InChI=1S/C12H14N4O3/c1-3-16-7-8(10(15-16)12(18)13-2)14-11(17)9-5-4-6-19-9/h4-7H,3H2,1-2H3,(H,13,18)(H,14,17). The third kappa shape index (κ3) is 2.65. The number of hydrogen-bond donors (Lipinski definition) is 2. The summed E-state index contributed by atoms with van der Waals surface area (Å²) in [5, 5.41) is 9.18. The number of furan rings is 1. The van der Waals surface area contributed by atoms with E-state index in [9.17, 15) is 9.59 Å². The Labute approximate surface area is 109 Å². The summed E-state index contributed by atoms with van der Waals surface area (Å²) in [6, 6.07) is 3.16. The van der Waals surface area contributed by atoms with Crippen LogP contribution in [-0.2, 0) is 6.54 Å². The summed E-state index contributed by atoms with van der Waals surface area (Å²) in [5.74, 6) is -0.611. The van der Waals surface area contributed by atoms with E-state index in [-0.39, 0.29) is 17.4 Å². The zero-order valence-electron chi connectivity index (χ0n) is 10.6. The molecule has 0 aliphatic heterocycles. The van der Waals surface area contributed by atoms with Gasteiger partial charge in [0.25, 0.3) is 11.8 Å². The summed E-state index contributed by atoms with van der Waals surface area (Å²) in [5.41, 5.74) is 0.520. The van der Waals surface area contributed by atoms with E-state index in [1.54, 1.807) is 23.0 Å². The Kier molecular flexibility index (Phi) is 3.65. The normalized spacial score (nSPS) is 10.2. The third-order valence-corrected chi connectivity index (χ3v) is 2.52. The summed E-state index contributed by atoms with van der Waals surface area (Å²) >= 11 is 0. The molecule has 0 aliphatic rings. The summed E-state index contributed by atoms with van der Waals surface area (Å²) in [6.07, 6.45) is 3.01. The van der Waals surface area contributed by atoms with Crippen molar-refractivity contribution in [2.45, 2.75) is 13.5 Å². The molecule has 0 saturated heterocycles. The molecule has 7 nitrogen and oxygen atoms in total. The molecule has 0 saturated carbocycles. The van der Waals surface area contributed by atoms with Crippen LogP contribution in [0.2, 0.25) is 0 Å². The molecule has 2 aromatic rings. The van der Waals surface area contributed by atoms with Crippen LogP contribution in [0.5, 0.6) is 0 Å². The van der Waals surface area contributed by atoms with Gasteiger partial charge in [-0.3, -0.25) is 14.3 Å². The molecule has 0 spiro atoms. The Hall–Kier alpha value is -2.57. The molecular formula is C12H14N4O3. The van der Waals surface area contributed by atoms with E-state index in [4.69, 9.17) is 4.42 Å². The number of anilines is 1. The maximum absolute atomic E-state index is 11.9. The molecule has 0 atom stereocenters. The van der Waals surface area contributed by atoms with E-state index in [0.717, 1.165) is 0 Å². The van der Waals surface area contributed by atoms with Crippen LogP contribution in [-0.4, -0.2) is 28.6 Å². The number of amides is 2. The number of hydrogen-bond acceptors (Lipinski definition) is 4. The largest absolute Gasteiger partial charge is 0.459 e. The summed E-state index contributed by atoms with van der Waals surface area (Å²) in [4.78, 5) is 23.5. The maximum atomic E-state index is 11.9. The monoisotopic (exact) mass is 262 g/mol. The van der Waals surface area contributed by atoms with E-state index in [0.29, 0.717) is 12.2 Å². The molecule has 2 heterocycles. The molecule has 19 heavy (non-hydrogen) atoms. The van der Waals surface area contributed by atoms with Crippen LogP contribution in [0.25, 0.3) is 0 Å². The molecule has 0 unspecified atom stereocenters. The van der Waals surface area contributed by atoms with Gasteiger partial charge in [0.2, 0.25) is 0 Å². The highest BCUT2D eigenvalue weighted by Crippen LogP contribution is 2.15. The second-order valence-electron chi connectivity index (χ2n) is 3.76. The minimum atomic E-state index is -0.425. The van der Waals surface area contributed by atoms with Crippen molar-refractivity contribution >= 4 is 17.5 Å². The highest BCUT2D eigenvalue weighted by Gasteiger charge is 2.18. The average molecular weight is 262 g/mol. The quantitative estimate of drug-likeness (QED) is 0.863. The lowest BCUT2D eigenvalue weighted by Gasteiger charge is -2.02. The second-order valence-corrected chi connectivity index (χ2v) is 3.76. The smallest absolute Gasteiger partial charge is 0.291 e. The fourth-order valence-corrected chi connectivity index (χ4v) is 1.55. The Balaban J connectivity index is 2.26. The lowest BCUT2D eigenvalue weighted by Crippen LogP contribution is -2.21. The second kappa shape index (κ2) is 5.38. The van der Waals surface area contributed by atoms with E-state index < -0.39 is 5.91 Å². The highest BCUT2D eigenvalue weighted by molar-refractivity contribution is 6.06. The van der Waals surface area contributed by atoms with Crippen molar-refractivity contribution in [2.24, 2.45) is 0 Å². The van der Waals surface area contributed by atoms with Crippen LogP contribution < -0.4 is 10.6 Å². The highest BCUT2D eigenvalue weighted by atomic mass is 16.3. The van der Waals surface area contributed by atoms with Crippen molar-refractivity contribution in [1.29, 1.82) is 0 Å². The number of rotatable bonds is 4. The first-order valence-electron chi connectivity index (χ1n) is 5.80. The number of aromatic nitrogens is 2. The fourth-order valence-electron chi connectivity index (χ4n) is 1.55. The van der Waals surface area contributed by atoms with E-state index in [1.165, 1.54) is 13.3 Å². The molecule has 0 aromatic carbocycles. The lowest BCUT2D eigenvalue weighted by atomic mass is 10.3. The molecule has 100 valence electrons. The van der Waals surface area contributed by atoms with Gasteiger partial charge in [-0.1, -0.05) is 0 Å². The van der Waals surface area contributed by atoms with Crippen molar-refractivity contribution in [2.75, 3.05) is 12.4 Å². The summed E-state index contributed by atoms with van der Waals surface area (Å²) in [6.45, 7) is 2.49. The summed E-state index contributed by atoms with van der Waals surface area (Å²) < 4.78 is 6.56. The number of aryl methyl sites for hydroxylation is 1. The van der Waals surface area contributed by atoms with Gasteiger partial charge in [-0.05, 0) is 19.1 Å². The first-order valence-corrected chi connectivity index (χ1v) is 5.80. The van der Waals surface area contributed by atoms with Gasteiger partial charge in [-0.15, -0.1) is 0 Å². The Morgan fingerprint density at radius 1 is 1.42 bits per heavy atom. The van der Waals surface area contributed by atoms with E-state index >= 15 is 0 Å². The lowest BCUT2D eigenvalue weighted by molar-refractivity contribution is 0.0958. The van der Waals surface area contributed by atoms with E-state index in [1.807, 2.05) is 6.92 Å². The van der Waals surface area contributed by atoms with Crippen LogP contribution >= 0.6 is 0 Å². The van der Waals surface area contributed by atoms with Crippen molar-refractivity contribution in [3.63, 3.8) is 0 Å². The number of carbonyl (C=O) groups is 2. The Bertz CT molecular complexity index is 586. The average Bonchev–Trinajstić information content (AvgIpc) is 3.06.